The van der Waals surface area contributed by atoms with Gasteiger partial charge in [-0.05, 0) is 28.1 Å². The molecule has 0 aliphatic heterocycles. The smallest absolute Gasteiger partial charge is 0.246 e. The molecule has 1 rings (SSSR count). The lowest BCUT2D eigenvalue weighted by atomic mass is 10.3. The van der Waals surface area contributed by atoms with Gasteiger partial charge in [-0.25, -0.2) is 8.42 Å². The van der Waals surface area contributed by atoms with Crippen molar-refractivity contribution in [2.24, 2.45) is 0 Å². The molecule has 6 nitrogen and oxygen atoms in total. The van der Waals surface area contributed by atoms with E-state index in [0.29, 0.717) is 8.95 Å². The fraction of sp³-hybridized carbons (Fsp3) is 0.364. The van der Waals surface area contributed by atoms with Gasteiger partial charge in [0, 0.05) is 30.1 Å². The summed E-state index contributed by atoms with van der Waals surface area (Å²) in [4.78, 5) is 12.9. The van der Waals surface area contributed by atoms with Crippen LogP contribution in [0.15, 0.2) is 26.0 Å². The third kappa shape index (κ3) is 3.72. The first-order chi connectivity index (χ1) is 9.07. The van der Waals surface area contributed by atoms with E-state index in [2.05, 4.69) is 31.9 Å². The maximum atomic E-state index is 12.5. The molecule has 0 unspecified atom stereocenters. The van der Waals surface area contributed by atoms with E-state index in [9.17, 15) is 13.2 Å². The van der Waals surface area contributed by atoms with Crippen molar-refractivity contribution in [1.29, 1.82) is 0 Å². The van der Waals surface area contributed by atoms with Crippen LogP contribution in [0.4, 0.5) is 5.69 Å². The highest BCUT2D eigenvalue weighted by atomic mass is 79.9. The van der Waals surface area contributed by atoms with Crippen LogP contribution in [0.2, 0.25) is 0 Å². The van der Waals surface area contributed by atoms with Crippen molar-refractivity contribution >= 4 is 53.5 Å². The van der Waals surface area contributed by atoms with Crippen LogP contribution in [0.3, 0.4) is 0 Å². The molecule has 0 fully saturated rings. The molecule has 1 aromatic carbocycles. The Morgan fingerprint density at radius 2 is 1.80 bits per heavy atom. The first-order valence-electron chi connectivity index (χ1n) is 5.48. The molecular formula is C11H15Br2N3O3S. The third-order valence-electron chi connectivity index (χ3n) is 2.56. The van der Waals surface area contributed by atoms with Crippen molar-refractivity contribution in [3.8, 4) is 0 Å². The van der Waals surface area contributed by atoms with E-state index in [1.807, 2.05) is 0 Å². The van der Waals surface area contributed by atoms with Gasteiger partial charge in [0.1, 0.15) is 4.90 Å². The van der Waals surface area contributed by atoms with E-state index >= 15 is 0 Å². The minimum Gasteiger partial charge on any atom is -0.398 e. The van der Waals surface area contributed by atoms with E-state index < -0.39 is 10.0 Å². The van der Waals surface area contributed by atoms with Gasteiger partial charge >= 0.3 is 0 Å². The van der Waals surface area contributed by atoms with Crippen molar-refractivity contribution in [3.63, 3.8) is 0 Å². The number of anilines is 1. The fourth-order valence-corrected chi connectivity index (χ4v) is 4.55. The van der Waals surface area contributed by atoms with Crippen LogP contribution in [-0.2, 0) is 14.8 Å². The van der Waals surface area contributed by atoms with Crippen LogP contribution in [-0.4, -0.2) is 51.2 Å². The Bertz CT molecular complexity index is 609. The molecule has 0 saturated heterocycles. The van der Waals surface area contributed by atoms with Crippen LogP contribution in [0, 0.1) is 0 Å². The number of hydrogen-bond donors (Lipinski definition) is 1. The zero-order valence-corrected chi connectivity index (χ0v) is 15.2. The van der Waals surface area contributed by atoms with Gasteiger partial charge in [0.15, 0.2) is 0 Å². The molecule has 9 heteroatoms. The largest absolute Gasteiger partial charge is 0.398 e. The summed E-state index contributed by atoms with van der Waals surface area (Å²) in [5, 5.41) is 0. The lowest BCUT2D eigenvalue weighted by Crippen LogP contribution is -2.38. The first-order valence-corrected chi connectivity index (χ1v) is 8.51. The van der Waals surface area contributed by atoms with Gasteiger partial charge in [-0.3, -0.25) is 4.79 Å². The van der Waals surface area contributed by atoms with Crippen molar-refractivity contribution in [2.45, 2.75) is 4.90 Å². The standard InChI is InChI=1S/C11H15Br2N3O3S/c1-15(2)10(17)6-16(3)20(18,19)11-8(13)4-7(12)5-9(11)14/h4-5H,6,14H2,1-3H3. The van der Waals surface area contributed by atoms with Crippen LogP contribution in [0.25, 0.3) is 0 Å². The highest BCUT2D eigenvalue weighted by Gasteiger charge is 2.28. The summed E-state index contributed by atoms with van der Waals surface area (Å²) in [6, 6.07) is 3.09. The second kappa shape index (κ2) is 6.42. The lowest BCUT2D eigenvalue weighted by Gasteiger charge is -2.20. The van der Waals surface area contributed by atoms with Gasteiger partial charge in [-0.15, -0.1) is 0 Å². The highest BCUT2D eigenvalue weighted by molar-refractivity contribution is 9.11. The Balaban J connectivity index is 3.21. The molecule has 20 heavy (non-hydrogen) atoms. The zero-order chi connectivity index (χ0) is 15.7. The number of halogens is 2. The quantitative estimate of drug-likeness (QED) is 0.736. The number of carbonyl (C=O) groups excluding carboxylic acids is 1. The monoisotopic (exact) mass is 427 g/mol. The van der Waals surface area contributed by atoms with Gasteiger partial charge in [-0.2, -0.15) is 4.31 Å². The maximum Gasteiger partial charge on any atom is 0.246 e. The predicted octanol–water partition coefficient (Wildman–Crippen LogP) is 1.50. The van der Waals surface area contributed by atoms with E-state index in [-0.39, 0.29) is 23.0 Å². The van der Waals surface area contributed by atoms with Gasteiger partial charge in [-0.1, -0.05) is 15.9 Å². The molecule has 1 amide bonds. The van der Waals surface area contributed by atoms with Crippen molar-refractivity contribution in [3.05, 3.63) is 21.1 Å². The van der Waals surface area contributed by atoms with Crippen molar-refractivity contribution in [1.82, 2.24) is 9.21 Å². The number of nitrogens with two attached hydrogens (primary N) is 1. The van der Waals surface area contributed by atoms with E-state index in [1.165, 1.54) is 18.0 Å². The molecule has 0 aromatic heterocycles. The normalized spacial score (nSPS) is 11.7. The second-order valence-corrected chi connectivity index (χ2v) is 8.11. The Morgan fingerprint density at radius 3 is 2.25 bits per heavy atom. The molecule has 0 spiro atoms. The summed E-state index contributed by atoms with van der Waals surface area (Å²) in [7, 11) is 0.610. The second-order valence-electron chi connectivity index (χ2n) is 4.36. The Labute approximate surface area is 135 Å². The Morgan fingerprint density at radius 1 is 1.25 bits per heavy atom. The predicted molar refractivity (Wildman–Crippen MR) is 84.8 cm³/mol. The molecule has 0 bridgehead atoms. The summed E-state index contributed by atoms with van der Waals surface area (Å²) < 4.78 is 26.9. The minimum atomic E-state index is -3.85. The molecular weight excluding hydrogens is 414 g/mol. The fourth-order valence-electron chi connectivity index (χ4n) is 1.43. The summed E-state index contributed by atoms with van der Waals surface area (Å²) in [6.45, 7) is -0.253. The number of hydrogen-bond acceptors (Lipinski definition) is 4. The van der Waals surface area contributed by atoms with Crippen LogP contribution in [0.1, 0.15) is 0 Å². The molecule has 0 heterocycles. The number of likely N-dealkylation sites (N-methyl/N-ethyl adjacent to an activating group) is 2. The first kappa shape index (κ1) is 17.4. The maximum absolute atomic E-state index is 12.5. The number of sulfonamides is 1. The Kier molecular flexibility index (Phi) is 5.59. The molecule has 2 N–H and O–H groups in total. The Hall–Kier alpha value is -0.640. The average molecular weight is 429 g/mol. The summed E-state index contributed by atoms with van der Waals surface area (Å²) >= 11 is 6.42. The van der Waals surface area contributed by atoms with Crippen LogP contribution >= 0.6 is 31.9 Å². The molecule has 0 radical (unpaired) electrons. The van der Waals surface area contributed by atoms with Crippen LogP contribution in [0.5, 0.6) is 0 Å². The van der Waals surface area contributed by atoms with Gasteiger partial charge in [0.25, 0.3) is 0 Å². The number of amides is 1. The topological polar surface area (TPSA) is 83.7 Å². The van der Waals surface area contributed by atoms with E-state index in [4.69, 9.17) is 5.73 Å². The molecule has 0 atom stereocenters. The highest BCUT2D eigenvalue weighted by Crippen LogP contribution is 2.33. The molecule has 0 saturated carbocycles. The third-order valence-corrected chi connectivity index (χ3v) is 5.83. The lowest BCUT2D eigenvalue weighted by molar-refractivity contribution is -0.128. The minimum absolute atomic E-state index is 0.0465. The summed E-state index contributed by atoms with van der Waals surface area (Å²) in [6.07, 6.45) is 0. The van der Waals surface area contributed by atoms with Crippen LogP contribution < -0.4 is 5.73 Å². The number of rotatable bonds is 4. The van der Waals surface area contributed by atoms with Crippen molar-refractivity contribution < 1.29 is 13.2 Å². The number of nitrogen functional groups attached to an aromatic ring is 1. The number of benzene rings is 1. The number of nitrogens with zero attached hydrogens (tertiary/aromatic N) is 2. The summed E-state index contributed by atoms with van der Waals surface area (Å²) in [5.41, 5.74) is 5.88. The number of carbonyl (C=O) groups is 1. The van der Waals surface area contributed by atoms with E-state index in [0.717, 1.165) is 4.31 Å². The summed E-state index contributed by atoms with van der Waals surface area (Å²) in [5.74, 6) is -0.317. The van der Waals surface area contributed by atoms with Gasteiger partial charge in [0.05, 0.1) is 12.2 Å². The molecule has 1 aromatic rings. The zero-order valence-electron chi connectivity index (χ0n) is 11.2. The van der Waals surface area contributed by atoms with E-state index in [1.54, 1.807) is 20.2 Å². The van der Waals surface area contributed by atoms with Gasteiger partial charge < -0.3 is 10.6 Å². The average Bonchev–Trinajstić information content (AvgIpc) is 2.26. The molecule has 112 valence electrons. The van der Waals surface area contributed by atoms with Gasteiger partial charge in [0.2, 0.25) is 15.9 Å². The molecule has 0 aliphatic carbocycles. The molecule has 0 aliphatic rings. The van der Waals surface area contributed by atoms with Crippen molar-refractivity contribution in [2.75, 3.05) is 33.4 Å². The SMILES string of the molecule is CN(C)C(=O)CN(C)S(=O)(=O)c1c(N)cc(Br)cc1Br.